The third-order valence-electron chi connectivity index (χ3n) is 4.36. The van der Waals surface area contributed by atoms with Gasteiger partial charge in [-0.05, 0) is 24.7 Å². The van der Waals surface area contributed by atoms with Gasteiger partial charge in [-0.3, -0.25) is 9.59 Å². The maximum atomic E-state index is 12.5. The van der Waals surface area contributed by atoms with E-state index in [1.165, 1.54) is 6.39 Å². The summed E-state index contributed by atoms with van der Waals surface area (Å²) in [6.07, 6.45) is 4.04. The van der Waals surface area contributed by atoms with E-state index >= 15 is 0 Å². The normalized spacial score (nSPS) is 25.9. The maximum Gasteiger partial charge on any atom is 0.308 e. The van der Waals surface area contributed by atoms with Crippen molar-refractivity contribution in [3.63, 3.8) is 0 Å². The minimum Gasteiger partial charge on any atom is -0.481 e. The summed E-state index contributed by atoms with van der Waals surface area (Å²) < 4.78 is 5.18. The summed E-state index contributed by atoms with van der Waals surface area (Å²) in [5.74, 6) is -0.316. The van der Waals surface area contributed by atoms with Gasteiger partial charge in [-0.25, -0.2) is 4.98 Å². The van der Waals surface area contributed by atoms with Crippen LogP contribution in [0.5, 0.6) is 0 Å². The van der Waals surface area contributed by atoms with Crippen molar-refractivity contribution in [2.24, 2.45) is 17.8 Å². The molecule has 2 aliphatic rings. The maximum absolute atomic E-state index is 12.5. The SMILES string of the molecule is CCc1ocnc1C(=O)N1C[C@H](C(=O)O)[C@@H](C2CC2)C1. The monoisotopic (exact) mass is 278 g/mol. The lowest BCUT2D eigenvalue weighted by molar-refractivity contribution is -0.142. The van der Waals surface area contributed by atoms with Crippen molar-refractivity contribution in [1.29, 1.82) is 0 Å². The summed E-state index contributed by atoms with van der Waals surface area (Å²) in [7, 11) is 0. The van der Waals surface area contributed by atoms with Gasteiger partial charge in [-0.1, -0.05) is 6.92 Å². The van der Waals surface area contributed by atoms with Crippen molar-refractivity contribution in [1.82, 2.24) is 9.88 Å². The summed E-state index contributed by atoms with van der Waals surface area (Å²) in [6, 6.07) is 0. The molecule has 1 aliphatic heterocycles. The van der Waals surface area contributed by atoms with Crippen LogP contribution in [0.1, 0.15) is 36.0 Å². The van der Waals surface area contributed by atoms with Gasteiger partial charge < -0.3 is 14.4 Å². The number of hydrogen-bond donors (Lipinski definition) is 1. The van der Waals surface area contributed by atoms with Gasteiger partial charge in [0.25, 0.3) is 5.91 Å². The van der Waals surface area contributed by atoms with Gasteiger partial charge in [0, 0.05) is 19.5 Å². The van der Waals surface area contributed by atoms with Crippen LogP contribution in [-0.2, 0) is 11.2 Å². The molecule has 2 fully saturated rings. The second-order valence-electron chi connectivity index (χ2n) is 5.63. The van der Waals surface area contributed by atoms with Gasteiger partial charge in [-0.2, -0.15) is 0 Å². The van der Waals surface area contributed by atoms with Gasteiger partial charge in [-0.15, -0.1) is 0 Å². The highest BCUT2D eigenvalue weighted by Crippen LogP contribution is 2.44. The Morgan fingerprint density at radius 2 is 2.20 bits per heavy atom. The number of likely N-dealkylation sites (tertiary alicyclic amines) is 1. The van der Waals surface area contributed by atoms with E-state index in [2.05, 4.69) is 4.98 Å². The minimum atomic E-state index is -0.798. The second kappa shape index (κ2) is 4.92. The fourth-order valence-electron chi connectivity index (χ4n) is 3.10. The Morgan fingerprint density at radius 3 is 2.80 bits per heavy atom. The highest BCUT2D eigenvalue weighted by molar-refractivity contribution is 5.93. The molecule has 0 spiro atoms. The number of carbonyl (C=O) groups excluding carboxylic acids is 1. The molecule has 1 saturated carbocycles. The third-order valence-corrected chi connectivity index (χ3v) is 4.36. The van der Waals surface area contributed by atoms with E-state index in [4.69, 9.17) is 4.42 Å². The Hall–Kier alpha value is -1.85. The standard InChI is InChI=1S/C14H18N2O4/c1-2-11-12(15-7-20-11)13(17)16-5-9(8-3-4-8)10(6-16)14(18)19/h7-10H,2-6H2,1H3,(H,18,19)/t9-,10+/m1/s1. The smallest absolute Gasteiger partial charge is 0.308 e. The van der Waals surface area contributed by atoms with E-state index in [0.29, 0.717) is 30.3 Å². The number of aryl methyl sites for hydroxylation is 1. The zero-order chi connectivity index (χ0) is 14.3. The van der Waals surface area contributed by atoms with Crippen LogP contribution in [0.25, 0.3) is 0 Å². The lowest BCUT2D eigenvalue weighted by Gasteiger charge is -2.15. The number of aromatic nitrogens is 1. The number of carbonyl (C=O) groups is 2. The average Bonchev–Trinajstić information content (AvgIpc) is 3.02. The van der Waals surface area contributed by atoms with Crippen LogP contribution in [0.2, 0.25) is 0 Å². The van der Waals surface area contributed by atoms with Crippen molar-refractivity contribution < 1.29 is 19.1 Å². The molecule has 2 heterocycles. The molecule has 1 aromatic rings. The zero-order valence-corrected chi connectivity index (χ0v) is 11.4. The molecule has 1 aromatic heterocycles. The Balaban J connectivity index is 1.78. The molecule has 1 saturated heterocycles. The number of aliphatic carboxylic acids is 1. The topological polar surface area (TPSA) is 83.6 Å². The molecular weight excluding hydrogens is 260 g/mol. The van der Waals surface area contributed by atoms with E-state index in [1.807, 2.05) is 6.92 Å². The van der Waals surface area contributed by atoms with E-state index < -0.39 is 11.9 Å². The molecule has 6 nitrogen and oxygen atoms in total. The second-order valence-corrected chi connectivity index (χ2v) is 5.63. The van der Waals surface area contributed by atoms with E-state index in [9.17, 15) is 14.7 Å². The van der Waals surface area contributed by atoms with E-state index in [1.54, 1.807) is 4.90 Å². The van der Waals surface area contributed by atoms with Crippen LogP contribution in [0, 0.1) is 17.8 Å². The summed E-state index contributed by atoms with van der Waals surface area (Å²) >= 11 is 0. The molecule has 0 aromatic carbocycles. The Bertz CT molecular complexity index is 535. The van der Waals surface area contributed by atoms with E-state index in [-0.39, 0.29) is 18.4 Å². The number of amides is 1. The molecule has 0 radical (unpaired) electrons. The van der Waals surface area contributed by atoms with Gasteiger partial charge in [0.1, 0.15) is 5.76 Å². The number of nitrogens with zero attached hydrogens (tertiary/aromatic N) is 2. The Morgan fingerprint density at radius 1 is 1.45 bits per heavy atom. The molecule has 3 rings (SSSR count). The number of oxazole rings is 1. The highest BCUT2D eigenvalue weighted by Gasteiger charge is 2.47. The van der Waals surface area contributed by atoms with Gasteiger partial charge >= 0.3 is 5.97 Å². The number of hydrogen-bond acceptors (Lipinski definition) is 4. The van der Waals surface area contributed by atoms with Crippen LogP contribution in [0.4, 0.5) is 0 Å². The molecule has 0 unspecified atom stereocenters. The first-order valence-corrected chi connectivity index (χ1v) is 7.06. The van der Waals surface area contributed by atoms with Crippen molar-refractivity contribution in [2.45, 2.75) is 26.2 Å². The summed E-state index contributed by atoms with van der Waals surface area (Å²) in [5.41, 5.74) is 0.327. The Kier molecular flexibility index (Phi) is 3.23. The lowest BCUT2D eigenvalue weighted by Crippen LogP contribution is -2.30. The minimum absolute atomic E-state index is 0.0911. The molecular formula is C14H18N2O4. The van der Waals surface area contributed by atoms with Gasteiger partial charge in [0.15, 0.2) is 12.1 Å². The van der Waals surface area contributed by atoms with Crippen LogP contribution in [0.15, 0.2) is 10.8 Å². The van der Waals surface area contributed by atoms with Crippen LogP contribution >= 0.6 is 0 Å². The van der Waals surface area contributed by atoms with Gasteiger partial charge in [0.05, 0.1) is 5.92 Å². The highest BCUT2D eigenvalue weighted by atomic mass is 16.4. The summed E-state index contributed by atoms with van der Waals surface area (Å²) in [4.78, 5) is 29.4. The van der Waals surface area contributed by atoms with E-state index in [0.717, 1.165) is 12.8 Å². The number of carboxylic acid groups (broad SMARTS) is 1. The fraction of sp³-hybridized carbons (Fsp3) is 0.643. The molecule has 1 N–H and O–H groups in total. The molecule has 0 bridgehead atoms. The predicted molar refractivity (Wildman–Crippen MR) is 69.1 cm³/mol. The average molecular weight is 278 g/mol. The van der Waals surface area contributed by atoms with Crippen LogP contribution in [0.3, 0.4) is 0 Å². The summed E-state index contributed by atoms with van der Waals surface area (Å²) in [6.45, 7) is 2.70. The van der Waals surface area contributed by atoms with Crippen LogP contribution in [-0.4, -0.2) is 40.0 Å². The van der Waals surface area contributed by atoms with Crippen molar-refractivity contribution in [3.05, 3.63) is 17.8 Å². The quantitative estimate of drug-likeness (QED) is 0.900. The molecule has 2 atom stereocenters. The number of carboxylic acids is 1. The first-order chi connectivity index (χ1) is 9.61. The van der Waals surface area contributed by atoms with Crippen molar-refractivity contribution in [3.8, 4) is 0 Å². The van der Waals surface area contributed by atoms with Crippen molar-refractivity contribution in [2.75, 3.05) is 13.1 Å². The first kappa shape index (κ1) is 13.1. The van der Waals surface area contributed by atoms with Gasteiger partial charge in [0.2, 0.25) is 0 Å². The largest absolute Gasteiger partial charge is 0.481 e. The van der Waals surface area contributed by atoms with Crippen LogP contribution < -0.4 is 0 Å². The number of rotatable bonds is 4. The predicted octanol–water partition coefficient (Wildman–Crippen LogP) is 1.42. The summed E-state index contributed by atoms with van der Waals surface area (Å²) in [5, 5.41) is 9.32. The lowest BCUT2D eigenvalue weighted by atomic mass is 9.92. The Labute approximate surface area is 116 Å². The third kappa shape index (κ3) is 2.19. The molecule has 20 heavy (non-hydrogen) atoms. The van der Waals surface area contributed by atoms with Crippen molar-refractivity contribution >= 4 is 11.9 Å². The fourth-order valence-corrected chi connectivity index (χ4v) is 3.10. The zero-order valence-electron chi connectivity index (χ0n) is 11.4. The molecule has 1 amide bonds. The molecule has 108 valence electrons. The molecule has 1 aliphatic carbocycles. The first-order valence-electron chi connectivity index (χ1n) is 7.06. The molecule has 6 heteroatoms.